The van der Waals surface area contributed by atoms with E-state index in [1.165, 1.54) is 5.56 Å². The maximum Gasteiger partial charge on any atom is 0.246 e. The summed E-state index contributed by atoms with van der Waals surface area (Å²) < 4.78 is 0. The highest BCUT2D eigenvalue weighted by Crippen LogP contribution is 2.27. The first-order valence-corrected chi connectivity index (χ1v) is 7.91. The average molecular weight is 329 g/mol. The summed E-state index contributed by atoms with van der Waals surface area (Å²) in [6.07, 6.45) is 1.03. The van der Waals surface area contributed by atoms with E-state index in [2.05, 4.69) is 5.32 Å². The van der Waals surface area contributed by atoms with Crippen LogP contribution in [0.3, 0.4) is 0 Å². The Hall–Kier alpha value is -2.33. The monoisotopic (exact) mass is 328 g/mol. The van der Waals surface area contributed by atoms with Gasteiger partial charge in [0.25, 0.3) is 0 Å². The number of para-hydroxylation sites is 1. The van der Waals surface area contributed by atoms with Crippen molar-refractivity contribution in [1.82, 2.24) is 5.32 Å². The summed E-state index contributed by atoms with van der Waals surface area (Å²) in [4.78, 5) is 26.0. The first-order chi connectivity index (χ1) is 11.1. The zero-order valence-electron chi connectivity index (χ0n) is 12.6. The predicted molar refractivity (Wildman–Crippen MR) is 90.7 cm³/mol. The van der Waals surface area contributed by atoms with Crippen LogP contribution in [0.4, 0.5) is 5.69 Å². The predicted octanol–water partition coefficient (Wildman–Crippen LogP) is 2.59. The molecule has 2 amide bonds. The number of fused-ring (bicyclic) bond motifs is 1. The third-order valence-corrected chi connectivity index (χ3v) is 4.30. The van der Waals surface area contributed by atoms with Crippen LogP contribution in [0.5, 0.6) is 0 Å². The van der Waals surface area contributed by atoms with Gasteiger partial charge in [0.1, 0.15) is 0 Å². The van der Waals surface area contributed by atoms with Crippen molar-refractivity contribution in [1.29, 1.82) is 0 Å². The molecule has 0 bridgehead atoms. The standard InChI is InChI=1S/C18H17ClN2O2/c19-15-7-3-1-6-14(15)11-17(22)20-12-18(23)21-10-9-13-5-2-4-8-16(13)21/h1-8H,9-12H2,(H,20,22). The van der Waals surface area contributed by atoms with E-state index in [1.54, 1.807) is 17.0 Å². The molecule has 0 saturated heterocycles. The molecule has 1 N–H and O–H groups in total. The van der Waals surface area contributed by atoms with Crippen LogP contribution >= 0.6 is 11.6 Å². The second kappa shape index (κ2) is 6.84. The van der Waals surface area contributed by atoms with Gasteiger partial charge in [0.15, 0.2) is 0 Å². The lowest BCUT2D eigenvalue weighted by Crippen LogP contribution is -2.39. The molecular formula is C18H17ClN2O2. The molecule has 0 fully saturated rings. The summed E-state index contributed by atoms with van der Waals surface area (Å²) in [5.74, 6) is -0.304. The third-order valence-electron chi connectivity index (χ3n) is 3.93. The molecule has 1 aliphatic rings. The number of anilines is 1. The number of rotatable bonds is 4. The third kappa shape index (κ3) is 3.54. The zero-order chi connectivity index (χ0) is 16.2. The zero-order valence-corrected chi connectivity index (χ0v) is 13.3. The molecule has 1 aliphatic heterocycles. The van der Waals surface area contributed by atoms with Crippen molar-refractivity contribution < 1.29 is 9.59 Å². The van der Waals surface area contributed by atoms with Crippen molar-refractivity contribution in [3.05, 3.63) is 64.7 Å². The maximum atomic E-state index is 12.3. The molecule has 0 aliphatic carbocycles. The molecule has 0 spiro atoms. The number of amides is 2. The molecule has 0 atom stereocenters. The quantitative estimate of drug-likeness (QED) is 0.938. The molecule has 118 valence electrons. The smallest absolute Gasteiger partial charge is 0.246 e. The summed E-state index contributed by atoms with van der Waals surface area (Å²) in [6, 6.07) is 15.1. The molecule has 2 aromatic rings. The van der Waals surface area contributed by atoms with E-state index < -0.39 is 0 Å². The Morgan fingerprint density at radius 2 is 1.83 bits per heavy atom. The van der Waals surface area contributed by atoms with Crippen LogP contribution in [-0.2, 0) is 22.4 Å². The van der Waals surface area contributed by atoms with Gasteiger partial charge >= 0.3 is 0 Å². The molecule has 4 nitrogen and oxygen atoms in total. The van der Waals surface area contributed by atoms with Crippen LogP contribution in [-0.4, -0.2) is 24.9 Å². The number of halogens is 1. The van der Waals surface area contributed by atoms with Gasteiger partial charge in [-0.25, -0.2) is 0 Å². The number of carbonyl (C=O) groups is 2. The summed E-state index contributed by atoms with van der Waals surface area (Å²) in [5, 5.41) is 3.23. The highest BCUT2D eigenvalue weighted by Gasteiger charge is 2.24. The SMILES string of the molecule is O=C(Cc1ccccc1Cl)NCC(=O)N1CCc2ccccc21. The van der Waals surface area contributed by atoms with E-state index in [-0.39, 0.29) is 24.8 Å². The van der Waals surface area contributed by atoms with Gasteiger partial charge in [-0.2, -0.15) is 0 Å². The lowest BCUT2D eigenvalue weighted by Gasteiger charge is -2.17. The minimum Gasteiger partial charge on any atom is -0.347 e. The Kier molecular flexibility index (Phi) is 4.63. The van der Waals surface area contributed by atoms with Crippen molar-refractivity contribution >= 4 is 29.1 Å². The Balaban J connectivity index is 1.56. The second-order valence-corrected chi connectivity index (χ2v) is 5.88. The van der Waals surface area contributed by atoms with Gasteiger partial charge < -0.3 is 10.2 Å². The van der Waals surface area contributed by atoms with Gasteiger partial charge in [0.2, 0.25) is 11.8 Å². The molecule has 5 heteroatoms. The van der Waals surface area contributed by atoms with Crippen LogP contribution in [0.1, 0.15) is 11.1 Å². The Labute approximate surface area is 140 Å². The van der Waals surface area contributed by atoms with Crippen LogP contribution in [0.25, 0.3) is 0 Å². The highest BCUT2D eigenvalue weighted by molar-refractivity contribution is 6.31. The van der Waals surface area contributed by atoms with E-state index in [9.17, 15) is 9.59 Å². The average Bonchev–Trinajstić information content (AvgIpc) is 2.99. The van der Waals surface area contributed by atoms with Gasteiger partial charge in [-0.15, -0.1) is 0 Å². The lowest BCUT2D eigenvalue weighted by molar-refractivity contribution is -0.124. The topological polar surface area (TPSA) is 49.4 Å². The first-order valence-electron chi connectivity index (χ1n) is 7.53. The molecule has 23 heavy (non-hydrogen) atoms. The van der Waals surface area contributed by atoms with Crippen molar-refractivity contribution in [3.63, 3.8) is 0 Å². The molecule has 0 saturated carbocycles. The Bertz CT molecular complexity index is 745. The fraction of sp³-hybridized carbons (Fsp3) is 0.222. The van der Waals surface area contributed by atoms with Gasteiger partial charge in [-0.3, -0.25) is 9.59 Å². The molecule has 1 heterocycles. The van der Waals surface area contributed by atoms with Crippen LogP contribution in [0, 0.1) is 0 Å². The van der Waals surface area contributed by atoms with E-state index in [0.717, 1.165) is 17.7 Å². The molecule has 0 aromatic heterocycles. The number of nitrogens with zero attached hydrogens (tertiary/aromatic N) is 1. The number of benzene rings is 2. The first kappa shape index (κ1) is 15.6. The van der Waals surface area contributed by atoms with Crippen molar-refractivity contribution in [2.45, 2.75) is 12.8 Å². The van der Waals surface area contributed by atoms with Gasteiger partial charge in [-0.05, 0) is 29.7 Å². The van der Waals surface area contributed by atoms with E-state index >= 15 is 0 Å². The number of hydrogen-bond acceptors (Lipinski definition) is 2. The molecule has 3 rings (SSSR count). The maximum absolute atomic E-state index is 12.3. The van der Waals surface area contributed by atoms with E-state index in [0.29, 0.717) is 11.6 Å². The fourth-order valence-electron chi connectivity index (χ4n) is 2.74. The summed E-state index contributed by atoms with van der Waals surface area (Å²) in [5.41, 5.74) is 2.87. The fourth-order valence-corrected chi connectivity index (χ4v) is 2.95. The minimum absolute atomic E-state index is 0.00236. The lowest BCUT2D eigenvalue weighted by atomic mass is 10.1. The van der Waals surface area contributed by atoms with E-state index in [4.69, 9.17) is 11.6 Å². The van der Waals surface area contributed by atoms with Crippen LogP contribution in [0.2, 0.25) is 5.02 Å². The molecule has 0 unspecified atom stereocenters. The van der Waals surface area contributed by atoms with Gasteiger partial charge in [0.05, 0.1) is 13.0 Å². The van der Waals surface area contributed by atoms with Gasteiger partial charge in [-0.1, -0.05) is 48.0 Å². The number of nitrogens with one attached hydrogen (secondary N) is 1. The van der Waals surface area contributed by atoms with Crippen LogP contribution in [0.15, 0.2) is 48.5 Å². The summed E-state index contributed by atoms with van der Waals surface area (Å²) in [6.45, 7) is 0.663. The number of hydrogen-bond donors (Lipinski definition) is 1. The van der Waals surface area contributed by atoms with Crippen molar-refractivity contribution in [3.8, 4) is 0 Å². The Morgan fingerprint density at radius 3 is 2.65 bits per heavy atom. The minimum atomic E-state index is -0.209. The van der Waals surface area contributed by atoms with Crippen molar-refractivity contribution in [2.24, 2.45) is 0 Å². The number of carbonyl (C=O) groups excluding carboxylic acids is 2. The summed E-state index contributed by atoms with van der Waals surface area (Å²) >= 11 is 6.04. The van der Waals surface area contributed by atoms with Gasteiger partial charge in [0, 0.05) is 17.3 Å². The van der Waals surface area contributed by atoms with Crippen LogP contribution < -0.4 is 10.2 Å². The normalized spacial score (nSPS) is 12.8. The van der Waals surface area contributed by atoms with E-state index in [1.807, 2.05) is 36.4 Å². The highest BCUT2D eigenvalue weighted by atomic mass is 35.5. The molecule has 0 radical (unpaired) electrons. The largest absolute Gasteiger partial charge is 0.347 e. The van der Waals surface area contributed by atoms with Crippen molar-refractivity contribution in [2.75, 3.05) is 18.0 Å². The Morgan fingerprint density at radius 1 is 1.09 bits per heavy atom. The molecule has 2 aromatic carbocycles. The summed E-state index contributed by atoms with van der Waals surface area (Å²) in [7, 11) is 0. The molecular weight excluding hydrogens is 312 g/mol. The second-order valence-electron chi connectivity index (χ2n) is 5.47.